The zero-order chi connectivity index (χ0) is 18.4. The molecule has 0 spiro atoms. The highest BCUT2D eigenvalue weighted by atomic mass is 19.4. The number of halogens is 3. The van der Waals surface area contributed by atoms with E-state index in [1.165, 1.54) is 18.2 Å². The Hall–Kier alpha value is -2.78. The molecule has 0 aliphatic carbocycles. The molecule has 1 aliphatic rings. The quantitative estimate of drug-likeness (QED) is 0.782. The van der Waals surface area contributed by atoms with Crippen LogP contribution in [0, 0.1) is 5.92 Å². The first-order chi connectivity index (χ1) is 11.7. The topological polar surface area (TPSA) is 98.5 Å². The second-order valence-corrected chi connectivity index (χ2v) is 5.83. The summed E-state index contributed by atoms with van der Waals surface area (Å²) in [5.41, 5.74) is 6.36. The summed E-state index contributed by atoms with van der Waals surface area (Å²) in [4.78, 5) is 36.4. The van der Waals surface area contributed by atoms with E-state index in [0.717, 1.165) is 4.57 Å². The maximum absolute atomic E-state index is 12.6. The number of rotatable bonds is 1. The van der Waals surface area contributed by atoms with Crippen LogP contribution in [0.4, 0.5) is 18.9 Å². The molecule has 1 aliphatic heterocycles. The summed E-state index contributed by atoms with van der Waals surface area (Å²) in [6.07, 6.45) is -4.86. The summed E-state index contributed by atoms with van der Waals surface area (Å²) in [6, 6.07) is 4.38. The number of fused-ring (bicyclic) bond motifs is 1. The molecule has 25 heavy (non-hydrogen) atoms. The van der Waals surface area contributed by atoms with Crippen molar-refractivity contribution in [3.05, 3.63) is 28.7 Å². The van der Waals surface area contributed by atoms with Gasteiger partial charge in [-0.1, -0.05) is 0 Å². The molecule has 134 valence electrons. The number of carbonyl (C=O) groups is 2. The third-order valence-electron chi connectivity index (χ3n) is 4.20. The number of amides is 1. The number of nitrogens with zero attached hydrogens (tertiary/aromatic N) is 2. The number of oxazole rings is 1. The van der Waals surface area contributed by atoms with Gasteiger partial charge in [0.2, 0.25) is 5.91 Å². The molecule has 2 heterocycles. The maximum atomic E-state index is 12.6. The third kappa shape index (κ3) is 3.11. The van der Waals surface area contributed by atoms with E-state index < -0.39 is 29.7 Å². The van der Waals surface area contributed by atoms with E-state index in [0.29, 0.717) is 10.6 Å². The van der Waals surface area contributed by atoms with E-state index in [-0.39, 0.29) is 37.0 Å². The van der Waals surface area contributed by atoms with Gasteiger partial charge in [0.25, 0.3) is 0 Å². The van der Waals surface area contributed by atoms with Gasteiger partial charge in [0.05, 0.1) is 5.52 Å². The Labute approximate surface area is 138 Å². The monoisotopic (exact) mass is 357 g/mol. The highest BCUT2D eigenvalue weighted by molar-refractivity contribution is 5.91. The molecule has 2 aromatic rings. The fraction of sp³-hybridized carbons (Fsp3) is 0.400. The molecule has 1 fully saturated rings. The van der Waals surface area contributed by atoms with Gasteiger partial charge in [-0.2, -0.15) is 13.2 Å². The Morgan fingerprint density at radius 3 is 2.44 bits per heavy atom. The standard InChI is InChI=1S/C15H14F3N3O4/c16-15(17,18)13(23)20-5-3-8(4-6-20)12(22)21-10-2-1-9(19)7-11(10)25-14(21)24/h1-2,7-8H,3-6,19H2. The maximum Gasteiger partial charge on any atom is 0.471 e. The fourth-order valence-electron chi connectivity index (χ4n) is 2.94. The lowest BCUT2D eigenvalue weighted by molar-refractivity contribution is -0.186. The average Bonchev–Trinajstić information content (AvgIpc) is 2.87. The molecule has 3 rings (SSSR count). The molecular weight excluding hydrogens is 343 g/mol. The summed E-state index contributed by atoms with van der Waals surface area (Å²) in [6.45, 7) is -0.404. The SMILES string of the molecule is Nc1ccc2c(c1)oc(=O)n2C(=O)C1CCN(C(=O)C(F)(F)F)CC1. The number of hydrogen-bond donors (Lipinski definition) is 1. The lowest BCUT2D eigenvalue weighted by Crippen LogP contribution is -2.47. The van der Waals surface area contributed by atoms with Gasteiger partial charge in [-0.3, -0.25) is 9.59 Å². The van der Waals surface area contributed by atoms with E-state index in [2.05, 4.69) is 0 Å². The Balaban J connectivity index is 1.79. The predicted molar refractivity (Wildman–Crippen MR) is 80.9 cm³/mol. The lowest BCUT2D eigenvalue weighted by atomic mass is 9.95. The number of likely N-dealkylation sites (tertiary alicyclic amines) is 1. The molecule has 1 amide bonds. The predicted octanol–water partition coefficient (Wildman–Crippen LogP) is 1.62. The van der Waals surface area contributed by atoms with E-state index in [4.69, 9.17) is 10.2 Å². The molecule has 0 unspecified atom stereocenters. The van der Waals surface area contributed by atoms with Gasteiger partial charge >= 0.3 is 17.8 Å². The zero-order valence-corrected chi connectivity index (χ0v) is 12.9. The molecule has 0 atom stereocenters. The van der Waals surface area contributed by atoms with Gasteiger partial charge in [-0.25, -0.2) is 9.36 Å². The highest BCUT2D eigenvalue weighted by Gasteiger charge is 2.44. The number of aromatic nitrogens is 1. The molecule has 1 aromatic carbocycles. The van der Waals surface area contributed by atoms with Crippen LogP contribution in [0.5, 0.6) is 0 Å². The smallest absolute Gasteiger partial charge is 0.407 e. The number of nitrogens with two attached hydrogens (primary N) is 1. The van der Waals surface area contributed by atoms with Crippen molar-refractivity contribution in [2.45, 2.75) is 19.0 Å². The molecule has 0 bridgehead atoms. The highest BCUT2D eigenvalue weighted by Crippen LogP contribution is 2.26. The van der Waals surface area contributed by atoms with E-state index in [1.807, 2.05) is 0 Å². The van der Waals surface area contributed by atoms with Crippen LogP contribution < -0.4 is 11.5 Å². The minimum Gasteiger partial charge on any atom is -0.407 e. The first kappa shape index (κ1) is 17.1. The normalized spacial score (nSPS) is 16.4. The van der Waals surface area contributed by atoms with E-state index in [9.17, 15) is 27.6 Å². The molecule has 10 heteroatoms. The number of anilines is 1. The Kier molecular flexibility index (Phi) is 4.05. The van der Waals surface area contributed by atoms with Crippen LogP contribution in [-0.2, 0) is 4.79 Å². The van der Waals surface area contributed by atoms with E-state index in [1.54, 1.807) is 0 Å². The molecule has 2 N–H and O–H groups in total. The Bertz CT molecular complexity index is 892. The second-order valence-electron chi connectivity index (χ2n) is 5.83. The summed E-state index contributed by atoms with van der Waals surface area (Å²) in [5.74, 6) is -4.03. The molecule has 1 aromatic heterocycles. The number of alkyl halides is 3. The zero-order valence-electron chi connectivity index (χ0n) is 12.9. The van der Waals surface area contributed by atoms with Crippen molar-refractivity contribution in [2.75, 3.05) is 18.8 Å². The number of carbonyl (C=O) groups excluding carboxylic acids is 2. The van der Waals surface area contributed by atoms with Crippen molar-refractivity contribution in [2.24, 2.45) is 5.92 Å². The summed E-state index contributed by atoms with van der Waals surface area (Å²) in [5, 5.41) is 0. The number of benzene rings is 1. The summed E-state index contributed by atoms with van der Waals surface area (Å²) >= 11 is 0. The van der Waals surface area contributed by atoms with Crippen molar-refractivity contribution in [3.63, 3.8) is 0 Å². The lowest BCUT2D eigenvalue weighted by Gasteiger charge is -2.31. The molecule has 1 saturated heterocycles. The van der Waals surface area contributed by atoms with Crippen LogP contribution in [0.2, 0.25) is 0 Å². The molecular formula is C15H14F3N3O4. The summed E-state index contributed by atoms with van der Waals surface area (Å²) < 4.78 is 43.2. The van der Waals surface area contributed by atoms with Crippen molar-refractivity contribution >= 4 is 28.6 Å². The van der Waals surface area contributed by atoms with Crippen molar-refractivity contribution in [1.29, 1.82) is 0 Å². The Morgan fingerprint density at radius 1 is 1.20 bits per heavy atom. The first-order valence-corrected chi connectivity index (χ1v) is 7.50. The van der Waals surface area contributed by atoms with Crippen LogP contribution in [0.15, 0.2) is 27.4 Å². The third-order valence-corrected chi connectivity index (χ3v) is 4.20. The average molecular weight is 357 g/mol. The van der Waals surface area contributed by atoms with Crippen LogP contribution in [0.25, 0.3) is 11.1 Å². The first-order valence-electron chi connectivity index (χ1n) is 7.50. The second kappa shape index (κ2) is 5.94. The number of hydrogen-bond acceptors (Lipinski definition) is 5. The molecule has 7 nitrogen and oxygen atoms in total. The summed E-state index contributed by atoms with van der Waals surface area (Å²) in [7, 11) is 0. The van der Waals surface area contributed by atoms with Crippen LogP contribution in [-0.4, -0.2) is 40.5 Å². The van der Waals surface area contributed by atoms with Crippen LogP contribution in [0.1, 0.15) is 17.6 Å². The van der Waals surface area contributed by atoms with Gasteiger partial charge in [0, 0.05) is 30.8 Å². The van der Waals surface area contributed by atoms with Gasteiger partial charge in [-0.05, 0) is 25.0 Å². The van der Waals surface area contributed by atoms with Crippen molar-refractivity contribution in [1.82, 2.24) is 9.47 Å². The van der Waals surface area contributed by atoms with Gasteiger partial charge in [-0.15, -0.1) is 0 Å². The van der Waals surface area contributed by atoms with Crippen LogP contribution in [0.3, 0.4) is 0 Å². The minimum atomic E-state index is -4.94. The van der Waals surface area contributed by atoms with E-state index >= 15 is 0 Å². The van der Waals surface area contributed by atoms with Gasteiger partial charge in [0.1, 0.15) is 0 Å². The minimum absolute atomic E-state index is 0.0364. The van der Waals surface area contributed by atoms with Crippen LogP contribution >= 0.6 is 0 Å². The number of nitrogen functional groups attached to an aromatic ring is 1. The van der Waals surface area contributed by atoms with Gasteiger partial charge in [0.15, 0.2) is 5.58 Å². The Morgan fingerprint density at radius 2 is 1.84 bits per heavy atom. The van der Waals surface area contributed by atoms with Gasteiger partial charge < -0.3 is 15.1 Å². The molecule has 0 saturated carbocycles. The van der Waals surface area contributed by atoms with Crippen molar-refractivity contribution < 1.29 is 27.2 Å². The number of piperidine rings is 1. The van der Waals surface area contributed by atoms with Crippen molar-refractivity contribution in [3.8, 4) is 0 Å². The molecule has 0 radical (unpaired) electrons. The fourth-order valence-corrected chi connectivity index (χ4v) is 2.94. The largest absolute Gasteiger partial charge is 0.471 e.